The van der Waals surface area contributed by atoms with Crippen molar-refractivity contribution in [3.63, 3.8) is 0 Å². The predicted octanol–water partition coefficient (Wildman–Crippen LogP) is 3.34. The normalized spacial score (nSPS) is 12.5. The number of nitrogens with one attached hydrogen (secondary N) is 1. The lowest BCUT2D eigenvalue weighted by Crippen LogP contribution is -2.27. The zero-order chi connectivity index (χ0) is 12.8. The van der Waals surface area contributed by atoms with Crippen molar-refractivity contribution in [1.82, 2.24) is 5.32 Å². The van der Waals surface area contributed by atoms with Gasteiger partial charge in [0.2, 0.25) is 0 Å². The largest absolute Gasteiger partial charge is 0.369 e. The number of hydrogen-bond acceptors (Lipinski definition) is 2. The summed E-state index contributed by atoms with van der Waals surface area (Å²) in [6, 6.07) is 5.50. The van der Waals surface area contributed by atoms with Gasteiger partial charge in [0, 0.05) is 19.1 Å². The van der Waals surface area contributed by atoms with Crippen LogP contribution >= 0.6 is 0 Å². The highest BCUT2D eigenvalue weighted by molar-refractivity contribution is 5.56. The number of benzene rings is 1. The van der Waals surface area contributed by atoms with Crippen LogP contribution in [-0.2, 0) is 0 Å². The van der Waals surface area contributed by atoms with Crippen molar-refractivity contribution in [2.75, 3.05) is 24.5 Å². The molecule has 3 heteroatoms. The van der Waals surface area contributed by atoms with Crippen LogP contribution in [0.1, 0.15) is 39.3 Å². The van der Waals surface area contributed by atoms with Crippen molar-refractivity contribution in [3.05, 3.63) is 29.6 Å². The standard InChI is InChI=1S/C14H23FN2/c1-5-16-11(4)12-9-8-10-13(15)14(12)17(6-2)7-3/h8-11,16H,5-7H2,1-4H3. The first kappa shape index (κ1) is 14.0. The summed E-state index contributed by atoms with van der Waals surface area (Å²) in [5.74, 6) is -0.129. The van der Waals surface area contributed by atoms with E-state index in [1.165, 1.54) is 6.07 Å². The van der Waals surface area contributed by atoms with Crippen LogP contribution < -0.4 is 10.2 Å². The van der Waals surface area contributed by atoms with Crippen molar-refractivity contribution in [2.45, 2.75) is 33.7 Å². The third-order valence-electron chi connectivity index (χ3n) is 3.07. The van der Waals surface area contributed by atoms with Gasteiger partial charge in [-0.2, -0.15) is 0 Å². The highest BCUT2D eigenvalue weighted by Gasteiger charge is 2.17. The summed E-state index contributed by atoms with van der Waals surface area (Å²) < 4.78 is 14.0. The van der Waals surface area contributed by atoms with E-state index in [4.69, 9.17) is 0 Å². The molecule has 0 aliphatic heterocycles. The minimum atomic E-state index is -0.129. The molecule has 0 radical (unpaired) electrons. The second kappa shape index (κ2) is 6.60. The van der Waals surface area contributed by atoms with Crippen molar-refractivity contribution >= 4 is 5.69 Å². The summed E-state index contributed by atoms with van der Waals surface area (Å²) >= 11 is 0. The third-order valence-corrected chi connectivity index (χ3v) is 3.07. The molecule has 0 aromatic heterocycles. The smallest absolute Gasteiger partial charge is 0.146 e. The zero-order valence-corrected chi connectivity index (χ0v) is 11.3. The van der Waals surface area contributed by atoms with Gasteiger partial charge >= 0.3 is 0 Å². The molecule has 0 amide bonds. The van der Waals surface area contributed by atoms with E-state index in [0.717, 1.165) is 30.9 Å². The van der Waals surface area contributed by atoms with E-state index in [9.17, 15) is 4.39 Å². The monoisotopic (exact) mass is 238 g/mol. The fraction of sp³-hybridized carbons (Fsp3) is 0.571. The van der Waals surface area contributed by atoms with E-state index in [0.29, 0.717) is 0 Å². The number of anilines is 1. The molecule has 2 nitrogen and oxygen atoms in total. The van der Waals surface area contributed by atoms with Gasteiger partial charge in [-0.15, -0.1) is 0 Å². The maximum Gasteiger partial charge on any atom is 0.146 e. The minimum absolute atomic E-state index is 0.129. The number of nitrogens with zero attached hydrogens (tertiary/aromatic N) is 1. The molecule has 0 spiro atoms. The first-order valence-corrected chi connectivity index (χ1v) is 6.42. The van der Waals surface area contributed by atoms with Crippen molar-refractivity contribution < 1.29 is 4.39 Å². The molecule has 0 bridgehead atoms. The van der Waals surface area contributed by atoms with Crippen LogP contribution in [0.25, 0.3) is 0 Å². The molecule has 0 heterocycles. The molecule has 0 saturated carbocycles. The second-order valence-electron chi connectivity index (χ2n) is 4.13. The maximum absolute atomic E-state index is 14.0. The lowest BCUT2D eigenvalue weighted by atomic mass is 10.0. The van der Waals surface area contributed by atoms with Gasteiger partial charge in [0.15, 0.2) is 0 Å². The number of rotatable bonds is 6. The minimum Gasteiger partial charge on any atom is -0.369 e. The van der Waals surface area contributed by atoms with Gasteiger partial charge in [-0.25, -0.2) is 4.39 Å². The van der Waals surface area contributed by atoms with Gasteiger partial charge in [-0.3, -0.25) is 0 Å². The van der Waals surface area contributed by atoms with Gasteiger partial charge in [0.1, 0.15) is 5.82 Å². The molecular formula is C14H23FN2. The van der Waals surface area contributed by atoms with E-state index in [1.807, 2.05) is 6.07 Å². The number of halogens is 1. The van der Waals surface area contributed by atoms with E-state index in [1.54, 1.807) is 6.07 Å². The Morgan fingerprint density at radius 3 is 2.41 bits per heavy atom. The van der Waals surface area contributed by atoms with E-state index >= 15 is 0 Å². The molecule has 1 aromatic carbocycles. The first-order chi connectivity index (χ1) is 8.15. The molecule has 1 aromatic rings. The molecule has 96 valence electrons. The number of para-hydroxylation sites is 1. The lowest BCUT2D eigenvalue weighted by molar-refractivity contribution is 0.578. The van der Waals surface area contributed by atoms with Crippen LogP contribution in [0, 0.1) is 5.82 Å². The molecule has 1 atom stereocenters. The summed E-state index contributed by atoms with van der Waals surface area (Å²) in [4.78, 5) is 2.07. The van der Waals surface area contributed by atoms with Gasteiger partial charge < -0.3 is 10.2 Å². The average molecular weight is 238 g/mol. The Bertz CT molecular complexity index is 348. The summed E-state index contributed by atoms with van der Waals surface area (Å²) in [6.07, 6.45) is 0. The summed E-state index contributed by atoms with van der Waals surface area (Å²) in [5, 5.41) is 3.34. The van der Waals surface area contributed by atoms with Crippen LogP contribution in [0.4, 0.5) is 10.1 Å². The molecular weight excluding hydrogens is 215 g/mol. The molecule has 1 rings (SSSR count). The van der Waals surface area contributed by atoms with Crippen LogP contribution in [0.2, 0.25) is 0 Å². The second-order valence-corrected chi connectivity index (χ2v) is 4.13. The van der Waals surface area contributed by atoms with Crippen LogP contribution in [-0.4, -0.2) is 19.6 Å². The third kappa shape index (κ3) is 3.19. The number of hydrogen-bond donors (Lipinski definition) is 1. The maximum atomic E-state index is 14.0. The molecule has 1 unspecified atom stereocenters. The predicted molar refractivity (Wildman–Crippen MR) is 72.1 cm³/mol. The van der Waals surface area contributed by atoms with E-state index in [2.05, 4.69) is 37.9 Å². The fourth-order valence-corrected chi connectivity index (χ4v) is 2.17. The Morgan fingerprint density at radius 1 is 1.24 bits per heavy atom. The Hall–Kier alpha value is -1.09. The summed E-state index contributed by atoms with van der Waals surface area (Å²) in [5.41, 5.74) is 1.78. The Labute approximate surface area is 104 Å². The zero-order valence-electron chi connectivity index (χ0n) is 11.3. The van der Waals surface area contributed by atoms with Crippen molar-refractivity contribution in [1.29, 1.82) is 0 Å². The summed E-state index contributed by atoms with van der Waals surface area (Å²) in [6.45, 7) is 10.8. The molecule has 0 aliphatic carbocycles. The summed E-state index contributed by atoms with van der Waals surface area (Å²) in [7, 11) is 0. The first-order valence-electron chi connectivity index (χ1n) is 6.42. The van der Waals surface area contributed by atoms with Crippen LogP contribution in [0.3, 0.4) is 0 Å². The molecule has 0 saturated heterocycles. The topological polar surface area (TPSA) is 15.3 Å². The van der Waals surface area contributed by atoms with Crippen molar-refractivity contribution in [2.24, 2.45) is 0 Å². The Kier molecular flexibility index (Phi) is 5.42. The highest BCUT2D eigenvalue weighted by Crippen LogP contribution is 2.29. The average Bonchev–Trinajstić information content (AvgIpc) is 2.32. The SMILES string of the molecule is CCNC(C)c1cccc(F)c1N(CC)CC. The van der Waals surface area contributed by atoms with Gasteiger partial charge in [0.05, 0.1) is 5.69 Å². The van der Waals surface area contributed by atoms with Gasteiger partial charge in [0.25, 0.3) is 0 Å². The van der Waals surface area contributed by atoms with Gasteiger partial charge in [-0.1, -0.05) is 19.1 Å². The van der Waals surface area contributed by atoms with Crippen LogP contribution in [0.15, 0.2) is 18.2 Å². The van der Waals surface area contributed by atoms with Crippen LogP contribution in [0.5, 0.6) is 0 Å². The van der Waals surface area contributed by atoms with E-state index in [-0.39, 0.29) is 11.9 Å². The Morgan fingerprint density at radius 2 is 1.88 bits per heavy atom. The molecule has 1 N–H and O–H groups in total. The highest BCUT2D eigenvalue weighted by atomic mass is 19.1. The molecule has 0 fully saturated rings. The van der Waals surface area contributed by atoms with Crippen molar-refractivity contribution in [3.8, 4) is 0 Å². The molecule has 0 aliphatic rings. The van der Waals surface area contributed by atoms with Gasteiger partial charge in [-0.05, 0) is 38.9 Å². The fourth-order valence-electron chi connectivity index (χ4n) is 2.17. The van der Waals surface area contributed by atoms with E-state index < -0.39 is 0 Å². The quantitative estimate of drug-likeness (QED) is 0.817. The Balaban J connectivity index is 3.15. The molecule has 17 heavy (non-hydrogen) atoms. The lowest BCUT2D eigenvalue weighted by Gasteiger charge is -2.27.